The van der Waals surface area contributed by atoms with Crippen LogP contribution >= 0.6 is 0 Å². The first-order valence-corrected chi connectivity index (χ1v) is 7.61. The van der Waals surface area contributed by atoms with Gasteiger partial charge in [0, 0.05) is 25.2 Å². The van der Waals surface area contributed by atoms with Crippen molar-refractivity contribution in [1.29, 1.82) is 0 Å². The van der Waals surface area contributed by atoms with Crippen LogP contribution in [0.25, 0.3) is 0 Å². The van der Waals surface area contributed by atoms with Crippen LogP contribution in [0, 0.1) is 0 Å². The summed E-state index contributed by atoms with van der Waals surface area (Å²) in [7, 11) is 1.88. The molecular weight excluding hydrogens is 264 g/mol. The van der Waals surface area contributed by atoms with Crippen molar-refractivity contribution in [3.8, 4) is 0 Å². The number of nitrogens with zero attached hydrogens (tertiary/aromatic N) is 1. The molecule has 0 saturated heterocycles. The van der Waals surface area contributed by atoms with E-state index in [1.807, 2.05) is 63.9 Å². The Morgan fingerprint density at radius 1 is 1.05 bits per heavy atom. The van der Waals surface area contributed by atoms with Gasteiger partial charge in [0.15, 0.2) is 5.78 Å². The number of para-hydroxylation sites is 1. The average molecular weight is 292 g/mol. The van der Waals surface area contributed by atoms with Gasteiger partial charge in [-0.15, -0.1) is 0 Å². The summed E-state index contributed by atoms with van der Waals surface area (Å²) in [6.45, 7) is 11.0. The van der Waals surface area contributed by atoms with Crippen LogP contribution in [0.15, 0.2) is 24.3 Å². The molecule has 0 aliphatic carbocycles. The van der Waals surface area contributed by atoms with Gasteiger partial charge in [-0.05, 0) is 13.0 Å². The lowest BCUT2D eigenvalue weighted by atomic mass is 10.0. The molecule has 2 unspecified atom stereocenters. The van der Waals surface area contributed by atoms with Crippen LogP contribution in [0.4, 0.5) is 5.69 Å². The Bertz CT molecular complexity index is 472. The Hall–Kier alpha value is -1.84. The van der Waals surface area contributed by atoms with E-state index in [2.05, 4.69) is 5.32 Å². The topological polar surface area (TPSA) is 49.4 Å². The largest absolute Gasteiger partial charge is 0.362 e. The Labute approximate surface area is 128 Å². The van der Waals surface area contributed by atoms with Crippen LogP contribution < -0.4 is 10.2 Å². The van der Waals surface area contributed by atoms with E-state index < -0.39 is 0 Å². The molecule has 0 aromatic heterocycles. The number of anilines is 1. The smallest absolute Gasteiger partial charge is 0.217 e. The van der Waals surface area contributed by atoms with Crippen LogP contribution in [-0.4, -0.2) is 24.8 Å². The number of fused-ring (bicyclic) bond motifs is 1. The van der Waals surface area contributed by atoms with Crippen molar-refractivity contribution in [2.24, 2.45) is 0 Å². The zero-order valence-corrected chi connectivity index (χ0v) is 14.2. The van der Waals surface area contributed by atoms with Crippen molar-refractivity contribution in [2.45, 2.75) is 53.6 Å². The number of Topliss-reactive ketones (excluding diaryl/α,β-unsaturated/α-hetero) is 1. The van der Waals surface area contributed by atoms with Crippen molar-refractivity contribution < 1.29 is 9.59 Å². The first-order chi connectivity index (χ1) is 10.0. The third-order valence-corrected chi connectivity index (χ3v) is 3.16. The summed E-state index contributed by atoms with van der Waals surface area (Å²) in [4.78, 5) is 24.9. The predicted molar refractivity (Wildman–Crippen MR) is 88.6 cm³/mol. The zero-order valence-electron chi connectivity index (χ0n) is 14.2. The number of rotatable bonds is 2. The quantitative estimate of drug-likeness (QED) is 0.909. The van der Waals surface area contributed by atoms with Gasteiger partial charge >= 0.3 is 0 Å². The molecule has 2 atom stereocenters. The number of carbonyl (C=O) groups is 2. The van der Waals surface area contributed by atoms with Gasteiger partial charge in [0.25, 0.3) is 0 Å². The molecule has 118 valence electrons. The summed E-state index contributed by atoms with van der Waals surface area (Å²) in [5.74, 6) is -0.0613. The molecule has 0 spiro atoms. The van der Waals surface area contributed by atoms with E-state index in [-0.39, 0.29) is 23.8 Å². The second-order valence-electron chi connectivity index (χ2n) is 4.40. The van der Waals surface area contributed by atoms with E-state index in [4.69, 9.17) is 0 Å². The Morgan fingerprint density at radius 2 is 1.57 bits per heavy atom. The molecule has 0 fully saturated rings. The van der Waals surface area contributed by atoms with Crippen LogP contribution in [0.5, 0.6) is 0 Å². The van der Waals surface area contributed by atoms with Crippen LogP contribution in [0.1, 0.15) is 53.1 Å². The molecule has 1 amide bonds. The number of ketones is 1. The number of nitrogens with one attached hydrogen (secondary N) is 1. The number of likely N-dealkylation sites (N-methyl/N-ethyl adjacent to an activating group) is 1. The minimum absolute atomic E-state index is 0.0578. The molecule has 1 heterocycles. The maximum Gasteiger partial charge on any atom is 0.217 e. The van der Waals surface area contributed by atoms with E-state index in [1.165, 1.54) is 6.92 Å². The van der Waals surface area contributed by atoms with E-state index in [1.54, 1.807) is 6.92 Å². The normalized spacial score (nSPS) is 18.5. The Balaban J connectivity index is 0.000000921. The van der Waals surface area contributed by atoms with Gasteiger partial charge in [-0.3, -0.25) is 9.59 Å². The number of amides is 1. The van der Waals surface area contributed by atoms with Gasteiger partial charge in [0.1, 0.15) is 6.04 Å². The zero-order chi connectivity index (χ0) is 16.6. The summed E-state index contributed by atoms with van der Waals surface area (Å²) in [6.07, 6.45) is 0. The molecule has 1 aromatic rings. The van der Waals surface area contributed by atoms with Crippen molar-refractivity contribution >= 4 is 17.4 Å². The number of carbonyl (C=O) groups excluding carboxylic acids is 2. The van der Waals surface area contributed by atoms with Crippen molar-refractivity contribution in [3.63, 3.8) is 0 Å². The van der Waals surface area contributed by atoms with E-state index in [9.17, 15) is 9.59 Å². The Morgan fingerprint density at radius 3 is 2.05 bits per heavy atom. The van der Waals surface area contributed by atoms with Crippen molar-refractivity contribution in [2.75, 3.05) is 11.9 Å². The second-order valence-corrected chi connectivity index (χ2v) is 4.40. The second kappa shape index (κ2) is 9.16. The summed E-state index contributed by atoms with van der Waals surface area (Å²) in [5, 5.41) is 2.86. The van der Waals surface area contributed by atoms with Gasteiger partial charge in [-0.2, -0.15) is 0 Å². The summed E-state index contributed by atoms with van der Waals surface area (Å²) in [6, 6.07) is 7.22. The molecule has 21 heavy (non-hydrogen) atoms. The first kappa shape index (κ1) is 19.2. The van der Waals surface area contributed by atoms with Crippen molar-refractivity contribution in [1.82, 2.24) is 5.32 Å². The summed E-state index contributed by atoms with van der Waals surface area (Å²) in [5.41, 5.74) is 2.01. The highest BCUT2D eigenvalue weighted by atomic mass is 16.1. The standard InChI is InChI=1S/C13H16N2O2.2C2H6/c1-8(16)13-12(14-9(2)17)10-6-4-5-7-11(10)15(13)3;2*1-2/h4-7,12-13H,1-3H3,(H,14,17);2*1-2H3. The molecule has 0 radical (unpaired) electrons. The van der Waals surface area contributed by atoms with E-state index in [0.29, 0.717) is 0 Å². The molecule has 0 saturated carbocycles. The van der Waals surface area contributed by atoms with Gasteiger partial charge in [-0.25, -0.2) is 0 Å². The maximum atomic E-state index is 11.7. The van der Waals surface area contributed by atoms with Crippen molar-refractivity contribution in [3.05, 3.63) is 29.8 Å². The van der Waals surface area contributed by atoms with Gasteiger partial charge in [0.2, 0.25) is 5.91 Å². The molecule has 1 aliphatic rings. The average Bonchev–Trinajstić information content (AvgIpc) is 2.76. The summed E-state index contributed by atoms with van der Waals surface area (Å²) >= 11 is 0. The van der Waals surface area contributed by atoms with Crippen LogP contribution in [0.3, 0.4) is 0 Å². The third-order valence-electron chi connectivity index (χ3n) is 3.16. The molecule has 1 aliphatic heterocycles. The highest BCUT2D eigenvalue weighted by Crippen LogP contribution is 2.38. The fourth-order valence-electron chi connectivity index (χ4n) is 2.50. The van der Waals surface area contributed by atoms with Gasteiger partial charge in [-0.1, -0.05) is 45.9 Å². The molecule has 1 N–H and O–H groups in total. The highest BCUT2D eigenvalue weighted by Gasteiger charge is 2.39. The lowest BCUT2D eigenvalue weighted by Gasteiger charge is -2.24. The molecule has 4 nitrogen and oxygen atoms in total. The van der Waals surface area contributed by atoms with Gasteiger partial charge in [0.05, 0.1) is 6.04 Å². The fourth-order valence-corrected chi connectivity index (χ4v) is 2.50. The van der Waals surface area contributed by atoms with E-state index in [0.717, 1.165) is 11.3 Å². The highest BCUT2D eigenvalue weighted by molar-refractivity contribution is 5.90. The number of hydrogen-bond donors (Lipinski definition) is 1. The first-order valence-electron chi connectivity index (χ1n) is 7.61. The number of hydrogen-bond acceptors (Lipinski definition) is 3. The minimum Gasteiger partial charge on any atom is -0.362 e. The fraction of sp³-hybridized carbons (Fsp3) is 0.529. The lowest BCUT2D eigenvalue weighted by Crippen LogP contribution is -2.43. The molecule has 0 bridgehead atoms. The summed E-state index contributed by atoms with van der Waals surface area (Å²) < 4.78 is 0. The number of benzene rings is 1. The van der Waals surface area contributed by atoms with E-state index >= 15 is 0 Å². The third kappa shape index (κ3) is 4.31. The van der Waals surface area contributed by atoms with Gasteiger partial charge < -0.3 is 10.2 Å². The van der Waals surface area contributed by atoms with Crippen LogP contribution in [-0.2, 0) is 9.59 Å². The molecule has 2 rings (SSSR count). The lowest BCUT2D eigenvalue weighted by molar-refractivity contribution is -0.121. The predicted octanol–water partition coefficient (Wildman–Crippen LogP) is 3.32. The monoisotopic (exact) mass is 292 g/mol. The maximum absolute atomic E-state index is 11.7. The molecule has 4 heteroatoms. The van der Waals surface area contributed by atoms with Crippen LogP contribution in [0.2, 0.25) is 0 Å². The minimum atomic E-state index is -0.309. The molecular formula is C17H28N2O2. The Kier molecular flexibility index (Phi) is 8.36. The molecule has 1 aromatic carbocycles. The SMILES string of the molecule is CC.CC.CC(=O)NC1c2ccccc2N(C)C1C(C)=O.